The first kappa shape index (κ1) is 19.7. The molecule has 4 aromatic rings. The fraction of sp³-hybridized carbons (Fsp3) is 0.125. The Bertz CT molecular complexity index is 1210. The second-order valence-corrected chi connectivity index (χ2v) is 9.18. The lowest BCUT2D eigenvalue weighted by atomic mass is 9.83. The maximum absolute atomic E-state index is 13.7. The van der Waals surface area contributed by atoms with Crippen molar-refractivity contribution in [2.45, 2.75) is 18.5 Å². The highest BCUT2D eigenvalue weighted by Crippen LogP contribution is 2.34. The summed E-state index contributed by atoms with van der Waals surface area (Å²) in [5.74, 6) is -0.252. The summed E-state index contributed by atoms with van der Waals surface area (Å²) in [4.78, 5) is 33.7. The van der Waals surface area contributed by atoms with Crippen LogP contribution in [0.1, 0.15) is 16.8 Å². The third-order valence-electron chi connectivity index (χ3n) is 5.36. The fourth-order valence-corrected chi connectivity index (χ4v) is 5.49. The summed E-state index contributed by atoms with van der Waals surface area (Å²) in [5.41, 5.74) is 1.33. The van der Waals surface area contributed by atoms with Crippen LogP contribution in [0.5, 0.6) is 0 Å². The first-order chi connectivity index (χ1) is 15.2. The number of hydrogen-bond acceptors (Lipinski definition) is 5. The van der Waals surface area contributed by atoms with E-state index in [0.29, 0.717) is 12.1 Å². The van der Waals surface area contributed by atoms with Gasteiger partial charge in [0.05, 0.1) is 17.1 Å². The highest BCUT2D eigenvalue weighted by atomic mass is 32.1. The van der Waals surface area contributed by atoms with Gasteiger partial charge in [-0.05, 0) is 22.6 Å². The number of nitrogens with one attached hydrogen (secondary N) is 1. The van der Waals surface area contributed by atoms with Crippen LogP contribution in [-0.4, -0.2) is 21.8 Å². The predicted molar refractivity (Wildman–Crippen MR) is 123 cm³/mol. The summed E-state index contributed by atoms with van der Waals surface area (Å²) >= 11 is 3.14. The van der Waals surface area contributed by atoms with Gasteiger partial charge in [-0.15, -0.1) is 22.7 Å². The molecule has 154 valence electrons. The molecule has 5 rings (SSSR count). The zero-order valence-electron chi connectivity index (χ0n) is 16.5. The number of hydrogen-bond donors (Lipinski definition) is 1. The van der Waals surface area contributed by atoms with Crippen LogP contribution in [0, 0.1) is 0 Å². The van der Waals surface area contributed by atoms with Crippen LogP contribution in [-0.2, 0) is 23.3 Å². The third-order valence-corrected chi connectivity index (χ3v) is 7.29. The number of imide groups is 1. The molecule has 1 aliphatic heterocycles. The summed E-state index contributed by atoms with van der Waals surface area (Å²) in [5, 5.41) is 7.82. The Morgan fingerprint density at radius 3 is 2.35 bits per heavy atom. The average molecular weight is 446 g/mol. The van der Waals surface area contributed by atoms with E-state index in [1.807, 2.05) is 83.6 Å². The number of rotatable bonds is 6. The molecule has 7 heteroatoms. The van der Waals surface area contributed by atoms with Crippen molar-refractivity contribution >= 4 is 34.6 Å². The van der Waals surface area contributed by atoms with Gasteiger partial charge < -0.3 is 5.32 Å². The van der Waals surface area contributed by atoms with Gasteiger partial charge in [0.25, 0.3) is 5.91 Å². The van der Waals surface area contributed by atoms with Crippen LogP contribution < -0.4 is 5.32 Å². The molecule has 1 N–H and O–H groups in total. The molecule has 0 radical (unpaired) electrons. The predicted octanol–water partition coefficient (Wildman–Crippen LogP) is 5.06. The number of thiazole rings is 1. The van der Waals surface area contributed by atoms with Gasteiger partial charge in [-0.1, -0.05) is 66.7 Å². The summed E-state index contributed by atoms with van der Waals surface area (Å²) in [7, 11) is 0. The van der Waals surface area contributed by atoms with E-state index in [9.17, 15) is 9.59 Å². The van der Waals surface area contributed by atoms with Crippen molar-refractivity contribution in [1.82, 2.24) is 15.2 Å². The molecule has 1 saturated heterocycles. The van der Waals surface area contributed by atoms with Gasteiger partial charge in [0, 0.05) is 11.8 Å². The number of carbonyl (C=O) groups excluding carboxylic acids is 2. The highest BCUT2D eigenvalue weighted by molar-refractivity contribution is 7.20. The van der Waals surface area contributed by atoms with Crippen LogP contribution in [0.2, 0.25) is 0 Å². The molecule has 1 aliphatic rings. The first-order valence-electron chi connectivity index (χ1n) is 9.87. The van der Waals surface area contributed by atoms with E-state index >= 15 is 0 Å². The largest absolute Gasteiger partial charge is 0.325 e. The molecule has 0 unspecified atom stereocenters. The van der Waals surface area contributed by atoms with E-state index in [-0.39, 0.29) is 12.5 Å². The Kier molecular flexibility index (Phi) is 5.13. The lowest BCUT2D eigenvalue weighted by molar-refractivity contribution is -0.132. The molecular weight excluding hydrogens is 426 g/mol. The molecule has 0 saturated carbocycles. The Hall–Kier alpha value is -3.29. The molecule has 3 amide bonds. The van der Waals surface area contributed by atoms with Crippen LogP contribution in [0.4, 0.5) is 4.79 Å². The Morgan fingerprint density at radius 2 is 1.65 bits per heavy atom. The number of carbonyl (C=O) groups is 2. The molecule has 1 atom stereocenters. The number of aromatic nitrogens is 1. The normalized spacial score (nSPS) is 18.4. The quantitative estimate of drug-likeness (QED) is 0.422. The van der Waals surface area contributed by atoms with Crippen molar-refractivity contribution in [3.8, 4) is 9.88 Å². The van der Waals surface area contributed by atoms with E-state index in [2.05, 4.69) is 10.3 Å². The van der Waals surface area contributed by atoms with Crippen molar-refractivity contribution in [3.63, 3.8) is 0 Å². The number of benzene rings is 2. The van der Waals surface area contributed by atoms with Crippen molar-refractivity contribution in [3.05, 3.63) is 100 Å². The Balaban J connectivity index is 1.47. The summed E-state index contributed by atoms with van der Waals surface area (Å²) < 4.78 is 0. The molecule has 3 heterocycles. The Morgan fingerprint density at radius 1 is 0.903 bits per heavy atom. The van der Waals surface area contributed by atoms with Gasteiger partial charge in [-0.25, -0.2) is 9.78 Å². The van der Waals surface area contributed by atoms with Gasteiger partial charge in [0.15, 0.2) is 5.54 Å². The zero-order valence-corrected chi connectivity index (χ0v) is 18.2. The van der Waals surface area contributed by atoms with E-state index in [1.165, 1.54) is 16.2 Å². The van der Waals surface area contributed by atoms with Crippen molar-refractivity contribution < 1.29 is 9.59 Å². The summed E-state index contributed by atoms with van der Waals surface area (Å²) in [6.45, 7) is 0.149. The Labute approximate surface area is 188 Å². The molecular formula is C24H19N3O2S2. The summed E-state index contributed by atoms with van der Waals surface area (Å²) in [6.07, 6.45) is 0.385. The molecule has 1 fully saturated rings. The molecule has 2 aromatic heterocycles. The topological polar surface area (TPSA) is 62.3 Å². The number of thiophene rings is 1. The molecule has 0 spiro atoms. The van der Waals surface area contributed by atoms with E-state index < -0.39 is 11.6 Å². The minimum Gasteiger partial charge on any atom is -0.319 e. The molecule has 31 heavy (non-hydrogen) atoms. The van der Waals surface area contributed by atoms with Gasteiger partial charge in [0.1, 0.15) is 5.01 Å². The summed E-state index contributed by atoms with van der Waals surface area (Å²) in [6, 6.07) is 22.8. The van der Waals surface area contributed by atoms with Crippen molar-refractivity contribution in [2.24, 2.45) is 0 Å². The van der Waals surface area contributed by atoms with Crippen molar-refractivity contribution in [2.75, 3.05) is 0 Å². The zero-order chi connectivity index (χ0) is 21.3. The van der Waals surface area contributed by atoms with Crippen LogP contribution in [0.25, 0.3) is 9.88 Å². The lowest BCUT2D eigenvalue weighted by Crippen LogP contribution is -2.46. The van der Waals surface area contributed by atoms with Gasteiger partial charge >= 0.3 is 6.03 Å². The molecule has 0 bridgehead atoms. The molecule has 2 aromatic carbocycles. The highest BCUT2D eigenvalue weighted by Gasteiger charge is 2.52. The second kappa shape index (κ2) is 8.09. The van der Waals surface area contributed by atoms with Crippen molar-refractivity contribution in [1.29, 1.82) is 0 Å². The number of amides is 3. The number of urea groups is 1. The average Bonchev–Trinajstić information content (AvgIpc) is 3.53. The SMILES string of the molecule is O=C1N[C@](Cc2ccccc2)(c2ccccc2)C(=O)N1Cc1csc(-c2cccs2)n1. The minimum atomic E-state index is -1.13. The smallest absolute Gasteiger partial charge is 0.319 e. The number of nitrogens with zero attached hydrogens (tertiary/aromatic N) is 2. The van der Waals surface area contributed by atoms with E-state index in [1.54, 1.807) is 11.3 Å². The fourth-order valence-electron chi connectivity index (χ4n) is 3.87. The van der Waals surface area contributed by atoms with Gasteiger partial charge in [-0.2, -0.15) is 0 Å². The van der Waals surface area contributed by atoms with Crippen LogP contribution in [0.15, 0.2) is 83.6 Å². The molecule has 0 aliphatic carbocycles. The standard InChI is InChI=1S/C24H19N3O2S2/c28-22-24(18-10-5-2-6-11-18,14-17-8-3-1-4-9-17)26-23(29)27(22)15-19-16-31-21(25-19)20-12-7-13-30-20/h1-13,16H,14-15H2,(H,26,29)/t24-/m1/s1. The van der Waals surface area contributed by atoms with E-state index in [0.717, 1.165) is 21.0 Å². The molecule has 5 nitrogen and oxygen atoms in total. The lowest BCUT2D eigenvalue weighted by Gasteiger charge is -2.27. The van der Waals surface area contributed by atoms with E-state index in [4.69, 9.17) is 0 Å². The first-order valence-corrected chi connectivity index (χ1v) is 11.6. The second-order valence-electron chi connectivity index (χ2n) is 7.38. The third kappa shape index (κ3) is 3.66. The maximum atomic E-state index is 13.7. The van der Waals surface area contributed by atoms with Crippen LogP contribution >= 0.6 is 22.7 Å². The van der Waals surface area contributed by atoms with Crippen LogP contribution in [0.3, 0.4) is 0 Å². The minimum absolute atomic E-state index is 0.149. The van der Waals surface area contributed by atoms with Gasteiger partial charge in [-0.3, -0.25) is 9.69 Å². The maximum Gasteiger partial charge on any atom is 0.325 e. The monoisotopic (exact) mass is 445 g/mol. The van der Waals surface area contributed by atoms with Gasteiger partial charge in [0.2, 0.25) is 0 Å².